The number of anilines is 1. The largest absolute Gasteiger partial charge is 0.476 e. The van der Waals surface area contributed by atoms with E-state index in [1.54, 1.807) is 20.1 Å². The Balaban J connectivity index is 1.64. The molecular weight excluding hydrogens is 381 g/mol. The second-order valence-electron chi connectivity index (χ2n) is 7.67. The molecule has 3 rings (SSSR count). The van der Waals surface area contributed by atoms with Crippen LogP contribution in [0.4, 0.5) is 10.1 Å². The predicted octanol–water partition coefficient (Wildman–Crippen LogP) is 1.03. The quantitative estimate of drug-likeness (QED) is 0.496. The minimum absolute atomic E-state index is 0.0133. The number of aliphatic hydroxyl groups excluding tert-OH is 1. The Kier molecular flexibility index (Phi) is 7.63. The number of aliphatic hydroxyl groups is 1. The van der Waals surface area contributed by atoms with E-state index in [4.69, 9.17) is 14.2 Å². The first-order valence-corrected chi connectivity index (χ1v) is 10.0. The third-order valence-electron chi connectivity index (χ3n) is 5.30. The first-order chi connectivity index (χ1) is 14.0. The summed E-state index contributed by atoms with van der Waals surface area (Å²) in [6.45, 7) is 3.59. The number of carbonyl (C=O) groups is 1. The molecule has 1 saturated heterocycles. The summed E-state index contributed by atoms with van der Waals surface area (Å²) < 4.78 is 28.5. The number of aromatic nitrogens is 1. The lowest BCUT2D eigenvalue weighted by atomic mass is 10.1. The van der Waals surface area contributed by atoms with Crippen LogP contribution in [0.3, 0.4) is 0 Å². The van der Waals surface area contributed by atoms with Gasteiger partial charge in [0.1, 0.15) is 18.1 Å². The topological polar surface area (TPSA) is 93.2 Å². The van der Waals surface area contributed by atoms with Gasteiger partial charge in [-0.2, -0.15) is 0 Å². The Labute approximate surface area is 170 Å². The van der Waals surface area contributed by atoms with Crippen LogP contribution < -0.4 is 15.0 Å². The molecule has 1 aromatic heterocycles. The third kappa shape index (κ3) is 5.77. The van der Waals surface area contributed by atoms with E-state index in [9.17, 15) is 14.3 Å². The van der Waals surface area contributed by atoms with E-state index in [0.717, 1.165) is 25.2 Å². The Morgan fingerprint density at radius 3 is 2.86 bits per heavy atom. The normalized spacial score (nSPS) is 22.1. The van der Waals surface area contributed by atoms with Crippen LogP contribution in [0.25, 0.3) is 0 Å². The molecule has 2 aliphatic rings. The molecule has 29 heavy (non-hydrogen) atoms. The zero-order valence-corrected chi connectivity index (χ0v) is 17.0. The van der Waals surface area contributed by atoms with Crippen molar-refractivity contribution in [1.82, 2.24) is 10.3 Å². The van der Waals surface area contributed by atoms with Crippen molar-refractivity contribution in [2.75, 3.05) is 58.2 Å². The molecule has 8 nitrogen and oxygen atoms in total. The summed E-state index contributed by atoms with van der Waals surface area (Å²) in [6.07, 6.45) is 1.12. The third-order valence-corrected chi connectivity index (χ3v) is 5.30. The van der Waals surface area contributed by atoms with Crippen LogP contribution in [-0.2, 0) is 9.47 Å². The van der Waals surface area contributed by atoms with Gasteiger partial charge in [-0.3, -0.25) is 4.79 Å². The van der Waals surface area contributed by atoms with Crippen LogP contribution in [0.15, 0.2) is 12.1 Å². The van der Waals surface area contributed by atoms with Gasteiger partial charge < -0.3 is 29.5 Å². The van der Waals surface area contributed by atoms with Crippen molar-refractivity contribution in [3.05, 3.63) is 17.8 Å². The first-order valence-electron chi connectivity index (χ1n) is 10.0. The van der Waals surface area contributed by atoms with Crippen molar-refractivity contribution in [2.45, 2.75) is 25.5 Å². The van der Waals surface area contributed by atoms with Gasteiger partial charge in [0, 0.05) is 32.8 Å². The van der Waals surface area contributed by atoms with Gasteiger partial charge in [-0.05, 0) is 37.3 Å². The molecule has 0 radical (unpaired) electrons. The standard InChI is InChI=1S/C20H30FN3O5/c1-13(11-28-6-5-21)22-19(26)17-3-4-18(24-8-16(9-24)27-2)20(23-17)29-12-15-7-14(15)10-25/h3-4,13-16,25H,5-12H2,1-2H3,(H,22,26)/t13?,14-,15+/m1/s1. The summed E-state index contributed by atoms with van der Waals surface area (Å²) in [4.78, 5) is 19.1. The Morgan fingerprint density at radius 1 is 1.41 bits per heavy atom. The second kappa shape index (κ2) is 10.2. The molecule has 0 bridgehead atoms. The highest BCUT2D eigenvalue weighted by atomic mass is 19.1. The molecule has 162 valence electrons. The fourth-order valence-corrected chi connectivity index (χ4v) is 3.27. The fourth-order valence-electron chi connectivity index (χ4n) is 3.27. The van der Waals surface area contributed by atoms with Gasteiger partial charge in [-0.25, -0.2) is 9.37 Å². The first kappa shape index (κ1) is 21.7. The Hall–Kier alpha value is -1.97. The molecule has 2 fully saturated rings. The molecule has 1 aliphatic carbocycles. The highest BCUT2D eigenvalue weighted by Gasteiger charge is 2.37. The number of halogens is 1. The Morgan fingerprint density at radius 2 is 2.21 bits per heavy atom. The van der Waals surface area contributed by atoms with Crippen LogP contribution in [0.5, 0.6) is 5.88 Å². The fraction of sp³-hybridized carbons (Fsp3) is 0.700. The number of ether oxygens (including phenoxy) is 3. The van der Waals surface area contributed by atoms with Crippen LogP contribution in [0.1, 0.15) is 23.8 Å². The molecule has 0 spiro atoms. The zero-order chi connectivity index (χ0) is 20.8. The van der Waals surface area contributed by atoms with Crippen molar-refractivity contribution in [1.29, 1.82) is 0 Å². The summed E-state index contributed by atoms with van der Waals surface area (Å²) in [7, 11) is 1.69. The van der Waals surface area contributed by atoms with E-state index >= 15 is 0 Å². The Bertz CT molecular complexity index is 686. The zero-order valence-electron chi connectivity index (χ0n) is 17.0. The molecule has 1 aliphatic heterocycles. The lowest BCUT2D eigenvalue weighted by molar-refractivity contribution is 0.0781. The number of pyridine rings is 1. The summed E-state index contributed by atoms with van der Waals surface area (Å²) in [5.41, 5.74) is 1.08. The SMILES string of the molecule is COC1CN(c2ccc(C(=O)NC(C)COCCF)nc2OC[C@@H]2C[C@@H]2CO)C1. The average molecular weight is 411 g/mol. The van der Waals surface area contributed by atoms with E-state index in [1.165, 1.54) is 0 Å². The molecule has 1 saturated carbocycles. The molecule has 2 N–H and O–H groups in total. The monoisotopic (exact) mass is 411 g/mol. The molecule has 3 atom stereocenters. The number of methoxy groups -OCH3 is 1. The van der Waals surface area contributed by atoms with Crippen LogP contribution >= 0.6 is 0 Å². The lowest BCUT2D eigenvalue weighted by Gasteiger charge is -2.40. The van der Waals surface area contributed by atoms with Gasteiger partial charge in [0.2, 0.25) is 5.88 Å². The van der Waals surface area contributed by atoms with Crippen LogP contribution in [-0.4, -0.2) is 81.4 Å². The number of alkyl halides is 1. The predicted molar refractivity (Wildman–Crippen MR) is 105 cm³/mol. The highest BCUT2D eigenvalue weighted by Crippen LogP contribution is 2.39. The van der Waals surface area contributed by atoms with Gasteiger partial charge in [0.05, 0.1) is 25.9 Å². The van der Waals surface area contributed by atoms with Gasteiger partial charge in [-0.1, -0.05) is 0 Å². The minimum Gasteiger partial charge on any atom is -0.476 e. The number of carbonyl (C=O) groups excluding carboxylic acids is 1. The van der Waals surface area contributed by atoms with Crippen LogP contribution in [0.2, 0.25) is 0 Å². The lowest BCUT2D eigenvalue weighted by Crippen LogP contribution is -2.52. The van der Waals surface area contributed by atoms with Crippen LogP contribution in [0, 0.1) is 11.8 Å². The highest BCUT2D eigenvalue weighted by molar-refractivity contribution is 5.93. The summed E-state index contributed by atoms with van der Waals surface area (Å²) in [5.74, 6) is 0.688. The number of nitrogens with one attached hydrogen (secondary N) is 1. The van der Waals surface area contributed by atoms with Crippen molar-refractivity contribution in [3.8, 4) is 5.88 Å². The van der Waals surface area contributed by atoms with Crippen molar-refractivity contribution in [3.63, 3.8) is 0 Å². The maximum absolute atomic E-state index is 12.5. The molecule has 1 unspecified atom stereocenters. The summed E-state index contributed by atoms with van der Waals surface area (Å²) in [5, 5.41) is 12.0. The second-order valence-corrected chi connectivity index (χ2v) is 7.67. The molecular formula is C20H30FN3O5. The molecule has 9 heteroatoms. The molecule has 1 aromatic rings. The van der Waals surface area contributed by atoms with E-state index in [2.05, 4.69) is 15.2 Å². The smallest absolute Gasteiger partial charge is 0.270 e. The minimum atomic E-state index is -0.553. The maximum Gasteiger partial charge on any atom is 0.270 e. The van der Waals surface area contributed by atoms with E-state index < -0.39 is 6.67 Å². The summed E-state index contributed by atoms with van der Waals surface area (Å²) >= 11 is 0. The van der Waals surface area contributed by atoms with Gasteiger partial charge >= 0.3 is 0 Å². The van der Waals surface area contributed by atoms with Crippen molar-refractivity contribution in [2.24, 2.45) is 11.8 Å². The average Bonchev–Trinajstić information content (AvgIpc) is 3.45. The van der Waals surface area contributed by atoms with E-state index in [1.807, 2.05) is 6.07 Å². The maximum atomic E-state index is 12.5. The van der Waals surface area contributed by atoms with Gasteiger partial charge in [0.15, 0.2) is 0 Å². The number of hydrogen-bond donors (Lipinski definition) is 2. The number of hydrogen-bond acceptors (Lipinski definition) is 7. The van der Waals surface area contributed by atoms with E-state index in [-0.39, 0.29) is 49.5 Å². The van der Waals surface area contributed by atoms with Gasteiger partial charge in [0.25, 0.3) is 5.91 Å². The van der Waals surface area contributed by atoms with Crippen molar-refractivity contribution < 1.29 is 28.5 Å². The van der Waals surface area contributed by atoms with Crippen molar-refractivity contribution >= 4 is 11.6 Å². The molecule has 0 aromatic carbocycles. The molecule has 2 heterocycles. The summed E-state index contributed by atoms with van der Waals surface area (Å²) in [6, 6.07) is 3.24. The van der Waals surface area contributed by atoms with E-state index in [0.29, 0.717) is 18.4 Å². The number of nitrogens with zero attached hydrogens (tertiary/aromatic N) is 2. The number of amides is 1. The number of rotatable bonds is 12. The molecule has 1 amide bonds. The van der Waals surface area contributed by atoms with Gasteiger partial charge in [-0.15, -0.1) is 0 Å².